The van der Waals surface area contributed by atoms with E-state index in [4.69, 9.17) is 4.74 Å². The zero-order valence-corrected chi connectivity index (χ0v) is 12.8. The van der Waals surface area contributed by atoms with Crippen molar-refractivity contribution < 1.29 is 14.3 Å². The van der Waals surface area contributed by atoms with E-state index >= 15 is 0 Å². The molecule has 4 heteroatoms. The summed E-state index contributed by atoms with van der Waals surface area (Å²) in [7, 11) is 1.67. The summed E-state index contributed by atoms with van der Waals surface area (Å²) < 4.78 is 5.11. The third kappa shape index (κ3) is 3.60. The number of methoxy groups -OCH3 is 1. The van der Waals surface area contributed by atoms with Crippen molar-refractivity contribution in [3.05, 3.63) is 0 Å². The fourth-order valence-corrected chi connectivity index (χ4v) is 3.69. The van der Waals surface area contributed by atoms with Crippen molar-refractivity contribution in [3.63, 3.8) is 0 Å². The molecule has 0 radical (unpaired) electrons. The minimum Gasteiger partial charge on any atom is -0.384 e. The molecule has 2 aliphatic rings. The van der Waals surface area contributed by atoms with Crippen LogP contribution in [-0.2, 0) is 14.3 Å². The second kappa shape index (κ2) is 7.21. The van der Waals surface area contributed by atoms with Gasteiger partial charge in [-0.3, -0.25) is 9.59 Å². The number of carbonyl (C=O) groups excluding carboxylic acids is 2. The molecule has 0 bridgehead atoms. The summed E-state index contributed by atoms with van der Waals surface area (Å²) in [4.78, 5) is 26.5. The summed E-state index contributed by atoms with van der Waals surface area (Å²) in [6.07, 6.45) is 6.44. The molecule has 20 heavy (non-hydrogen) atoms. The smallest absolute Gasteiger partial charge is 0.223 e. The lowest BCUT2D eigenvalue weighted by Gasteiger charge is -2.39. The van der Waals surface area contributed by atoms with Gasteiger partial charge < -0.3 is 9.64 Å². The molecule has 1 amide bonds. The molecular formula is C16H27NO3. The minimum atomic E-state index is 0.108. The Hall–Kier alpha value is -0.900. The fraction of sp³-hybridized carbons (Fsp3) is 0.875. The van der Waals surface area contributed by atoms with Gasteiger partial charge in [-0.25, -0.2) is 0 Å². The largest absolute Gasteiger partial charge is 0.384 e. The fourth-order valence-electron chi connectivity index (χ4n) is 3.69. The first-order valence-corrected chi connectivity index (χ1v) is 7.94. The molecule has 3 atom stereocenters. The topological polar surface area (TPSA) is 46.6 Å². The zero-order chi connectivity index (χ0) is 14.5. The van der Waals surface area contributed by atoms with E-state index in [1.54, 1.807) is 7.11 Å². The maximum absolute atomic E-state index is 12.5. The van der Waals surface area contributed by atoms with Crippen LogP contribution in [0.3, 0.4) is 0 Å². The summed E-state index contributed by atoms with van der Waals surface area (Å²) in [5.41, 5.74) is 0. The Morgan fingerprint density at radius 3 is 2.80 bits per heavy atom. The molecule has 1 aliphatic heterocycles. The van der Waals surface area contributed by atoms with Gasteiger partial charge in [0.2, 0.25) is 5.91 Å². The minimum absolute atomic E-state index is 0.108. The highest BCUT2D eigenvalue weighted by Crippen LogP contribution is 2.33. The van der Waals surface area contributed by atoms with E-state index in [0.717, 1.165) is 38.6 Å². The van der Waals surface area contributed by atoms with Crippen LogP contribution in [0.4, 0.5) is 0 Å². The number of hydrogen-bond acceptors (Lipinski definition) is 3. The number of Topliss-reactive ketones (excluding diaryl/α,β-unsaturated/α-hetero) is 1. The first-order valence-electron chi connectivity index (χ1n) is 7.94. The second-order valence-corrected chi connectivity index (χ2v) is 6.38. The van der Waals surface area contributed by atoms with Crippen LogP contribution in [0, 0.1) is 11.8 Å². The maximum atomic E-state index is 12.5. The van der Waals surface area contributed by atoms with Crippen molar-refractivity contribution in [2.24, 2.45) is 11.8 Å². The van der Waals surface area contributed by atoms with E-state index in [0.29, 0.717) is 25.2 Å². The molecule has 1 aliphatic carbocycles. The molecule has 3 unspecified atom stereocenters. The van der Waals surface area contributed by atoms with Crippen LogP contribution < -0.4 is 0 Å². The van der Waals surface area contributed by atoms with Crippen LogP contribution in [0.2, 0.25) is 0 Å². The number of carbonyl (C=O) groups is 2. The monoisotopic (exact) mass is 281 g/mol. The lowest BCUT2D eigenvalue weighted by Crippen LogP contribution is -2.49. The van der Waals surface area contributed by atoms with Gasteiger partial charge in [-0.2, -0.15) is 0 Å². The highest BCUT2D eigenvalue weighted by atomic mass is 16.5. The van der Waals surface area contributed by atoms with Crippen molar-refractivity contribution in [2.45, 2.75) is 57.9 Å². The molecule has 4 nitrogen and oxygen atoms in total. The molecule has 0 aromatic carbocycles. The zero-order valence-electron chi connectivity index (χ0n) is 12.8. The number of piperidine rings is 1. The first kappa shape index (κ1) is 15.5. The first-order chi connectivity index (χ1) is 9.63. The Kier molecular flexibility index (Phi) is 5.58. The van der Waals surface area contributed by atoms with Crippen molar-refractivity contribution in [1.82, 2.24) is 4.90 Å². The van der Waals surface area contributed by atoms with Crippen LogP contribution in [0.15, 0.2) is 0 Å². The van der Waals surface area contributed by atoms with Crippen molar-refractivity contribution in [2.75, 3.05) is 20.3 Å². The van der Waals surface area contributed by atoms with Gasteiger partial charge >= 0.3 is 0 Å². The Morgan fingerprint density at radius 2 is 2.15 bits per heavy atom. The molecule has 114 valence electrons. The van der Waals surface area contributed by atoms with E-state index < -0.39 is 0 Å². The quantitative estimate of drug-likeness (QED) is 0.777. The van der Waals surface area contributed by atoms with Gasteiger partial charge in [-0.15, -0.1) is 0 Å². The molecular weight excluding hydrogens is 254 g/mol. The van der Waals surface area contributed by atoms with Crippen LogP contribution in [0.1, 0.15) is 51.9 Å². The number of ketones is 1. The number of amides is 1. The lowest BCUT2D eigenvalue weighted by molar-refractivity contribution is -0.139. The van der Waals surface area contributed by atoms with Crippen LogP contribution >= 0.6 is 0 Å². The van der Waals surface area contributed by atoms with Gasteiger partial charge in [0.25, 0.3) is 0 Å². The molecule has 0 N–H and O–H groups in total. The summed E-state index contributed by atoms with van der Waals surface area (Å²) in [5.74, 6) is 0.935. The highest BCUT2D eigenvalue weighted by molar-refractivity contribution is 5.85. The molecule has 1 saturated carbocycles. The van der Waals surface area contributed by atoms with Crippen LogP contribution in [0.25, 0.3) is 0 Å². The van der Waals surface area contributed by atoms with Crippen LogP contribution in [-0.4, -0.2) is 42.9 Å². The lowest BCUT2D eigenvalue weighted by atomic mass is 9.88. The highest BCUT2D eigenvalue weighted by Gasteiger charge is 2.38. The molecule has 0 aromatic heterocycles. The molecule has 0 aromatic rings. The average molecular weight is 281 g/mol. The van der Waals surface area contributed by atoms with Crippen molar-refractivity contribution in [1.29, 1.82) is 0 Å². The number of likely N-dealkylation sites (tertiary alicyclic amines) is 1. The second-order valence-electron chi connectivity index (χ2n) is 6.38. The van der Waals surface area contributed by atoms with Crippen LogP contribution in [0.5, 0.6) is 0 Å². The van der Waals surface area contributed by atoms with Gasteiger partial charge in [0.15, 0.2) is 0 Å². The van der Waals surface area contributed by atoms with Crippen molar-refractivity contribution in [3.8, 4) is 0 Å². The SMILES string of the molecule is COCC(C)CC(=O)N1CCCCC1C1CCCC1=O. The predicted octanol–water partition coefficient (Wildman–Crippen LogP) is 2.41. The summed E-state index contributed by atoms with van der Waals surface area (Å²) in [6, 6.07) is 0.168. The van der Waals surface area contributed by atoms with Crippen molar-refractivity contribution >= 4 is 11.7 Å². The van der Waals surface area contributed by atoms with Gasteiger partial charge in [0, 0.05) is 45.1 Å². The van der Waals surface area contributed by atoms with E-state index in [1.807, 2.05) is 11.8 Å². The van der Waals surface area contributed by atoms with E-state index in [-0.39, 0.29) is 23.8 Å². The van der Waals surface area contributed by atoms with Gasteiger partial charge in [-0.1, -0.05) is 6.92 Å². The maximum Gasteiger partial charge on any atom is 0.223 e. The predicted molar refractivity (Wildman–Crippen MR) is 77.4 cm³/mol. The van der Waals surface area contributed by atoms with E-state index in [2.05, 4.69) is 0 Å². The summed E-state index contributed by atoms with van der Waals surface area (Å²) in [5, 5.41) is 0. The van der Waals surface area contributed by atoms with E-state index in [9.17, 15) is 9.59 Å². The molecule has 1 saturated heterocycles. The standard InChI is InChI=1S/C16H27NO3/c1-12(11-20-2)10-16(19)17-9-4-3-7-14(17)13-6-5-8-15(13)18/h12-14H,3-11H2,1-2H3. The Morgan fingerprint density at radius 1 is 1.35 bits per heavy atom. The molecule has 2 rings (SSSR count). The summed E-state index contributed by atoms with van der Waals surface area (Å²) in [6.45, 7) is 3.49. The van der Waals surface area contributed by atoms with Gasteiger partial charge in [0.05, 0.1) is 0 Å². The Balaban J connectivity index is 1.99. The van der Waals surface area contributed by atoms with E-state index in [1.165, 1.54) is 0 Å². The molecule has 1 heterocycles. The normalized spacial score (nSPS) is 28.7. The third-order valence-electron chi connectivity index (χ3n) is 4.66. The number of rotatable bonds is 5. The Bertz CT molecular complexity index is 356. The number of nitrogens with zero attached hydrogens (tertiary/aromatic N) is 1. The summed E-state index contributed by atoms with van der Waals surface area (Å²) >= 11 is 0. The van der Waals surface area contributed by atoms with Gasteiger partial charge in [0.1, 0.15) is 5.78 Å². The third-order valence-corrected chi connectivity index (χ3v) is 4.66. The number of ether oxygens (including phenoxy) is 1. The molecule has 2 fully saturated rings. The average Bonchev–Trinajstić information content (AvgIpc) is 2.85. The molecule has 0 spiro atoms. The van der Waals surface area contributed by atoms with Gasteiger partial charge in [-0.05, 0) is 38.0 Å². The number of hydrogen-bond donors (Lipinski definition) is 0. The Labute approximate surface area is 121 Å².